The molecule has 0 radical (unpaired) electrons. The number of nitrogens with zero attached hydrogens (tertiary/aromatic N) is 1. The van der Waals surface area contributed by atoms with Crippen LogP contribution in [0.3, 0.4) is 0 Å². The van der Waals surface area contributed by atoms with Crippen LogP contribution in [0.2, 0.25) is 0 Å². The molecule has 5 rings (SSSR count). The van der Waals surface area contributed by atoms with Crippen LogP contribution in [0.1, 0.15) is 30.1 Å². The van der Waals surface area contributed by atoms with Gasteiger partial charge in [0.15, 0.2) is 0 Å². The Hall–Kier alpha value is -3.19. The number of aromatic nitrogens is 1. The smallest absolute Gasteiger partial charge is 0.268 e. The standard InChI is InChI=1S/C24H20F2N2O2S/c25-18-11-6-12-19(26)24(18)27-20-13-7-15-22-23(20)17-10-4-5-14-21(17)28(22)31(29,30)16-8-2-1-3-9-16/h1-6,8-12,14,20,27H,7,13,15H2. The van der Waals surface area contributed by atoms with E-state index < -0.39 is 27.7 Å². The predicted octanol–water partition coefficient (Wildman–Crippen LogP) is 5.65. The van der Waals surface area contributed by atoms with E-state index in [4.69, 9.17) is 0 Å². The molecule has 1 atom stereocenters. The second-order valence-corrected chi connectivity index (χ2v) is 9.43. The first kappa shape index (κ1) is 19.8. The lowest BCUT2D eigenvalue weighted by atomic mass is 9.90. The van der Waals surface area contributed by atoms with E-state index in [2.05, 4.69) is 5.32 Å². The van der Waals surface area contributed by atoms with E-state index in [0.29, 0.717) is 30.5 Å². The van der Waals surface area contributed by atoms with Crippen molar-refractivity contribution in [2.45, 2.75) is 30.2 Å². The van der Waals surface area contributed by atoms with E-state index in [1.54, 1.807) is 42.5 Å². The minimum Gasteiger partial charge on any atom is -0.373 e. The van der Waals surface area contributed by atoms with Gasteiger partial charge in [0, 0.05) is 16.6 Å². The third-order valence-electron chi connectivity index (χ3n) is 5.79. The molecule has 0 amide bonds. The van der Waals surface area contributed by atoms with Crippen LogP contribution in [0.5, 0.6) is 0 Å². The molecular weight excluding hydrogens is 418 g/mol. The van der Waals surface area contributed by atoms with E-state index in [0.717, 1.165) is 10.9 Å². The minimum atomic E-state index is -3.84. The molecule has 0 saturated heterocycles. The maximum absolute atomic E-state index is 14.3. The molecule has 0 fully saturated rings. The Morgan fingerprint density at radius 1 is 0.871 bits per heavy atom. The Bertz CT molecular complexity index is 1360. The molecule has 0 saturated carbocycles. The van der Waals surface area contributed by atoms with Crippen LogP contribution >= 0.6 is 0 Å². The molecular formula is C24H20F2N2O2S. The van der Waals surface area contributed by atoms with Crippen LogP contribution < -0.4 is 5.32 Å². The summed E-state index contributed by atoms with van der Waals surface area (Å²) in [6.45, 7) is 0. The van der Waals surface area contributed by atoms with Crippen molar-refractivity contribution in [2.24, 2.45) is 0 Å². The summed E-state index contributed by atoms with van der Waals surface area (Å²) in [4.78, 5) is 0.203. The number of hydrogen-bond donors (Lipinski definition) is 1. The Morgan fingerprint density at radius 3 is 2.29 bits per heavy atom. The molecule has 1 unspecified atom stereocenters. The zero-order valence-electron chi connectivity index (χ0n) is 16.6. The fourth-order valence-electron chi connectivity index (χ4n) is 4.46. The quantitative estimate of drug-likeness (QED) is 0.448. The van der Waals surface area contributed by atoms with Gasteiger partial charge in [0.1, 0.15) is 17.3 Å². The summed E-state index contributed by atoms with van der Waals surface area (Å²) in [5, 5.41) is 3.78. The van der Waals surface area contributed by atoms with Crippen LogP contribution in [0.4, 0.5) is 14.5 Å². The van der Waals surface area contributed by atoms with Crippen molar-refractivity contribution in [2.75, 3.05) is 5.32 Å². The number of anilines is 1. The average Bonchev–Trinajstić information content (AvgIpc) is 3.13. The van der Waals surface area contributed by atoms with Gasteiger partial charge in [-0.25, -0.2) is 21.2 Å². The van der Waals surface area contributed by atoms with E-state index in [1.807, 2.05) is 12.1 Å². The van der Waals surface area contributed by atoms with E-state index in [1.165, 1.54) is 22.2 Å². The predicted molar refractivity (Wildman–Crippen MR) is 117 cm³/mol. The van der Waals surface area contributed by atoms with Crippen molar-refractivity contribution < 1.29 is 17.2 Å². The van der Waals surface area contributed by atoms with E-state index in [-0.39, 0.29) is 10.6 Å². The molecule has 0 aliphatic heterocycles. The highest BCUT2D eigenvalue weighted by atomic mass is 32.2. The van der Waals surface area contributed by atoms with Crippen LogP contribution in [-0.4, -0.2) is 12.4 Å². The molecule has 3 aromatic carbocycles. The molecule has 1 aromatic heterocycles. The first-order valence-corrected chi connectivity index (χ1v) is 11.6. The van der Waals surface area contributed by atoms with Crippen LogP contribution in [0, 0.1) is 11.6 Å². The molecule has 1 N–H and O–H groups in total. The Labute approximate surface area is 179 Å². The van der Waals surface area contributed by atoms with Crippen molar-refractivity contribution in [3.63, 3.8) is 0 Å². The van der Waals surface area contributed by atoms with E-state index in [9.17, 15) is 17.2 Å². The van der Waals surface area contributed by atoms with Gasteiger partial charge in [0.25, 0.3) is 10.0 Å². The summed E-state index contributed by atoms with van der Waals surface area (Å²) in [6, 6.07) is 18.9. The lowest BCUT2D eigenvalue weighted by Crippen LogP contribution is -2.22. The van der Waals surface area contributed by atoms with Gasteiger partial charge in [-0.1, -0.05) is 42.5 Å². The van der Waals surface area contributed by atoms with Gasteiger partial charge in [0.2, 0.25) is 0 Å². The van der Waals surface area contributed by atoms with Gasteiger partial charge in [-0.3, -0.25) is 0 Å². The molecule has 7 heteroatoms. The van der Waals surface area contributed by atoms with Crippen LogP contribution in [-0.2, 0) is 16.4 Å². The number of nitrogens with one attached hydrogen (secondary N) is 1. The highest BCUT2D eigenvalue weighted by molar-refractivity contribution is 7.90. The SMILES string of the molecule is O=S(=O)(c1ccccc1)n1c2c(c3ccccc31)C(Nc1c(F)cccc1F)CCC2. The highest BCUT2D eigenvalue weighted by Gasteiger charge is 2.33. The minimum absolute atomic E-state index is 0.192. The Kier molecular flexibility index (Phi) is 4.78. The van der Waals surface area contributed by atoms with Crippen LogP contribution in [0.15, 0.2) is 77.7 Å². The average molecular weight is 438 g/mol. The Morgan fingerprint density at radius 2 is 1.55 bits per heavy atom. The summed E-state index contributed by atoms with van der Waals surface area (Å²) in [6.07, 6.45) is 1.90. The van der Waals surface area contributed by atoms with Gasteiger partial charge in [0.05, 0.1) is 16.5 Å². The maximum atomic E-state index is 14.3. The van der Waals surface area contributed by atoms with Gasteiger partial charge in [-0.15, -0.1) is 0 Å². The molecule has 1 heterocycles. The second-order valence-electron chi connectivity index (χ2n) is 7.65. The maximum Gasteiger partial charge on any atom is 0.268 e. The summed E-state index contributed by atoms with van der Waals surface area (Å²) >= 11 is 0. The summed E-state index contributed by atoms with van der Waals surface area (Å²) in [5.41, 5.74) is 1.82. The van der Waals surface area contributed by atoms with Crippen molar-refractivity contribution >= 4 is 26.6 Å². The molecule has 1 aliphatic carbocycles. The van der Waals surface area contributed by atoms with E-state index >= 15 is 0 Å². The molecule has 1 aliphatic rings. The number of benzene rings is 3. The van der Waals surface area contributed by atoms with Gasteiger partial charge in [-0.05, 0) is 49.6 Å². The first-order valence-electron chi connectivity index (χ1n) is 10.1. The largest absolute Gasteiger partial charge is 0.373 e. The topological polar surface area (TPSA) is 51.1 Å². The molecule has 4 aromatic rings. The fourth-order valence-corrected chi connectivity index (χ4v) is 6.07. The lowest BCUT2D eigenvalue weighted by molar-refractivity contribution is 0.554. The zero-order chi connectivity index (χ0) is 21.6. The normalized spacial score (nSPS) is 16.3. The zero-order valence-corrected chi connectivity index (χ0v) is 17.4. The summed E-state index contributed by atoms with van der Waals surface area (Å²) in [5.74, 6) is -1.35. The van der Waals surface area contributed by atoms with Gasteiger partial charge in [-0.2, -0.15) is 0 Å². The monoisotopic (exact) mass is 438 g/mol. The third-order valence-corrected chi connectivity index (χ3v) is 7.55. The fraction of sp³-hybridized carbons (Fsp3) is 0.167. The van der Waals surface area contributed by atoms with Crippen molar-refractivity contribution in [3.05, 3.63) is 95.7 Å². The van der Waals surface area contributed by atoms with Crippen molar-refractivity contribution in [1.29, 1.82) is 0 Å². The highest BCUT2D eigenvalue weighted by Crippen LogP contribution is 2.41. The van der Waals surface area contributed by atoms with Gasteiger partial charge < -0.3 is 5.32 Å². The summed E-state index contributed by atoms with van der Waals surface area (Å²) in [7, 11) is -3.84. The number of hydrogen-bond acceptors (Lipinski definition) is 3. The number of rotatable bonds is 4. The number of para-hydroxylation sites is 2. The van der Waals surface area contributed by atoms with Crippen LogP contribution in [0.25, 0.3) is 10.9 Å². The second kappa shape index (κ2) is 7.50. The molecule has 31 heavy (non-hydrogen) atoms. The number of fused-ring (bicyclic) bond motifs is 3. The first-order chi connectivity index (χ1) is 15.0. The number of halogens is 2. The van der Waals surface area contributed by atoms with Gasteiger partial charge >= 0.3 is 0 Å². The molecule has 0 bridgehead atoms. The Balaban J connectivity index is 1.72. The third kappa shape index (κ3) is 3.20. The van der Waals surface area contributed by atoms with Crippen molar-refractivity contribution in [1.82, 2.24) is 3.97 Å². The molecule has 158 valence electrons. The van der Waals surface area contributed by atoms with Crippen molar-refractivity contribution in [3.8, 4) is 0 Å². The lowest BCUT2D eigenvalue weighted by Gasteiger charge is -2.26. The molecule has 4 nitrogen and oxygen atoms in total. The molecule has 0 spiro atoms. The summed E-state index contributed by atoms with van der Waals surface area (Å²) < 4.78 is 57.2.